The number of benzene rings is 3. The number of aromatic nitrogens is 2. The Labute approximate surface area is 162 Å². The molecule has 0 bridgehead atoms. The summed E-state index contributed by atoms with van der Waals surface area (Å²) in [5, 5.41) is 9.90. The van der Waals surface area contributed by atoms with Gasteiger partial charge in [0.2, 0.25) is 0 Å². The molecule has 0 saturated carbocycles. The van der Waals surface area contributed by atoms with E-state index in [2.05, 4.69) is 37.6 Å². The number of nitrogens with zero attached hydrogens (tertiary/aromatic N) is 2. The fourth-order valence-corrected chi connectivity index (χ4v) is 3.11. The smallest absolute Gasteiger partial charge is 0.138 e. The predicted octanol–water partition coefficient (Wildman–Crippen LogP) is 5.43. The number of hydrogen-bond acceptors (Lipinski definition) is 3. The summed E-state index contributed by atoms with van der Waals surface area (Å²) in [5.74, 6) is 0.590. The van der Waals surface area contributed by atoms with Gasteiger partial charge in [0.1, 0.15) is 17.4 Å². The molecule has 128 valence electrons. The molecule has 4 nitrogen and oxygen atoms in total. The van der Waals surface area contributed by atoms with Gasteiger partial charge < -0.3 is 10.1 Å². The van der Waals surface area contributed by atoms with Crippen molar-refractivity contribution in [2.75, 3.05) is 0 Å². The molecule has 2 N–H and O–H groups in total. The molecule has 4 rings (SSSR count). The maximum Gasteiger partial charge on any atom is 0.138 e. The summed E-state index contributed by atoms with van der Waals surface area (Å²) in [6.45, 7) is 0. The van der Waals surface area contributed by atoms with E-state index >= 15 is 0 Å². The van der Waals surface area contributed by atoms with Crippen LogP contribution in [0.5, 0.6) is 5.75 Å². The van der Waals surface area contributed by atoms with Crippen LogP contribution in [0.1, 0.15) is 5.56 Å². The average molecular weight is 457 g/mol. The lowest BCUT2D eigenvalue weighted by Crippen LogP contribution is -1.83. The maximum absolute atomic E-state index is 13.1. The van der Waals surface area contributed by atoms with Crippen molar-refractivity contribution in [3.63, 3.8) is 0 Å². The number of aromatic hydroxyl groups is 1. The molecule has 26 heavy (non-hydrogen) atoms. The number of hydrogen-bond donors (Lipinski definition) is 2. The van der Waals surface area contributed by atoms with Crippen molar-refractivity contribution in [1.29, 1.82) is 0 Å². The Bertz CT molecular complexity index is 1120. The van der Waals surface area contributed by atoms with Crippen LogP contribution in [0.2, 0.25) is 0 Å². The first-order valence-electron chi connectivity index (χ1n) is 7.87. The van der Waals surface area contributed by atoms with E-state index in [1.807, 2.05) is 30.3 Å². The zero-order valence-corrected chi connectivity index (χ0v) is 15.6. The van der Waals surface area contributed by atoms with Crippen molar-refractivity contribution < 1.29 is 9.50 Å². The lowest BCUT2D eigenvalue weighted by atomic mass is 10.2. The molecule has 0 fully saturated rings. The summed E-state index contributed by atoms with van der Waals surface area (Å²) in [5.41, 5.74) is 3.86. The second kappa shape index (κ2) is 6.87. The van der Waals surface area contributed by atoms with Crippen LogP contribution in [0.4, 0.5) is 10.1 Å². The van der Waals surface area contributed by atoms with E-state index in [0.29, 0.717) is 11.4 Å². The van der Waals surface area contributed by atoms with Gasteiger partial charge in [-0.05, 0) is 83.3 Å². The molecule has 1 aromatic heterocycles. The van der Waals surface area contributed by atoms with Crippen LogP contribution in [0.25, 0.3) is 22.4 Å². The first kappa shape index (κ1) is 16.7. The van der Waals surface area contributed by atoms with E-state index in [0.717, 1.165) is 25.9 Å². The normalized spacial score (nSPS) is 11.5. The highest BCUT2D eigenvalue weighted by Gasteiger charge is 2.06. The Hall–Kier alpha value is -2.74. The fraction of sp³-hybridized carbons (Fsp3) is 0. The SMILES string of the molecule is Oc1ccc(I)cc1C=Nc1ccc2nc(-c3ccc(F)cc3)[nH]c2c1. The zero-order chi connectivity index (χ0) is 18.1. The molecule has 0 radical (unpaired) electrons. The molecule has 0 atom stereocenters. The van der Waals surface area contributed by atoms with Gasteiger partial charge in [-0.15, -0.1) is 0 Å². The van der Waals surface area contributed by atoms with E-state index in [9.17, 15) is 9.50 Å². The number of nitrogens with one attached hydrogen (secondary N) is 1. The highest BCUT2D eigenvalue weighted by atomic mass is 127. The van der Waals surface area contributed by atoms with E-state index < -0.39 is 0 Å². The Kier molecular flexibility index (Phi) is 4.42. The minimum atomic E-state index is -0.277. The maximum atomic E-state index is 13.1. The summed E-state index contributed by atoms with van der Waals surface area (Å²) in [6, 6.07) is 17.2. The molecule has 0 spiro atoms. The molecule has 4 aromatic rings. The Morgan fingerprint density at radius 1 is 1.04 bits per heavy atom. The van der Waals surface area contributed by atoms with Crippen LogP contribution < -0.4 is 0 Å². The van der Waals surface area contributed by atoms with E-state index in [4.69, 9.17) is 0 Å². The predicted molar refractivity (Wildman–Crippen MR) is 110 cm³/mol. The first-order chi connectivity index (χ1) is 12.6. The number of imidazole rings is 1. The van der Waals surface area contributed by atoms with Gasteiger partial charge in [-0.25, -0.2) is 9.37 Å². The van der Waals surface area contributed by atoms with E-state index in [1.165, 1.54) is 12.1 Å². The number of fused-ring (bicyclic) bond motifs is 1. The van der Waals surface area contributed by atoms with Crippen molar-refractivity contribution in [3.05, 3.63) is 75.6 Å². The summed E-state index contributed by atoms with van der Waals surface area (Å²) >= 11 is 2.19. The number of rotatable bonds is 3. The Morgan fingerprint density at radius 2 is 1.85 bits per heavy atom. The minimum absolute atomic E-state index is 0.190. The lowest BCUT2D eigenvalue weighted by Gasteiger charge is -1.99. The molecule has 6 heteroatoms. The van der Waals surface area contributed by atoms with Crippen LogP contribution in [-0.4, -0.2) is 21.3 Å². The molecule has 0 amide bonds. The summed E-state index contributed by atoms with van der Waals surface area (Å²) in [6.07, 6.45) is 1.63. The number of phenolic OH excluding ortho intramolecular Hbond substituents is 1. The molecule has 0 unspecified atom stereocenters. The second-order valence-corrected chi connectivity index (χ2v) is 7.00. The number of aliphatic imine (C=N–C) groups is 1. The van der Waals surface area contributed by atoms with Crippen LogP contribution in [0.3, 0.4) is 0 Å². The standard InChI is InChI=1S/C20H13FIN3O/c21-14-3-1-12(2-4-14)20-24-17-7-6-16(10-18(17)25-20)23-11-13-9-15(22)5-8-19(13)26/h1-11,26H,(H,24,25). The highest BCUT2D eigenvalue weighted by Crippen LogP contribution is 2.25. The van der Waals surface area contributed by atoms with Crippen LogP contribution in [-0.2, 0) is 0 Å². The number of halogens is 2. The van der Waals surface area contributed by atoms with Gasteiger partial charge in [0, 0.05) is 20.9 Å². The molecule has 0 saturated heterocycles. The van der Waals surface area contributed by atoms with Gasteiger partial charge in [-0.1, -0.05) is 0 Å². The van der Waals surface area contributed by atoms with Crippen molar-refractivity contribution in [2.24, 2.45) is 4.99 Å². The zero-order valence-electron chi connectivity index (χ0n) is 13.4. The molecule has 0 aliphatic heterocycles. The van der Waals surface area contributed by atoms with Gasteiger partial charge in [-0.2, -0.15) is 0 Å². The van der Waals surface area contributed by atoms with Crippen molar-refractivity contribution in [2.45, 2.75) is 0 Å². The molecule has 3 aromatic carbocycles. The third-order valence-corrected chi connectivity index (χ3v) is 4.60. The molecule has 0 aliphatic rings. The van der Waals surface area contributed by atoms with Crippen LogP contribution in [0.15, 0.2) is 65.7 Å². The van der Waals surface area contributed by atoms with Crippen molar-refractivity contribution >= 4 is 45.5 Å². The quantitative estimate of drug-likeness (QED) is 0.319. The third kappa shape index (κ3) is 3.45. The number of phenols is 1. The van der Waals surface area contributed by atoms with Crippen LogP contribution >= 0.6 is 22.6 Å². The Morgan fingerprint density at radius 3 is 2.65 bits per heavy atom. The minimum Gasteiger partial charge on any atom is -0.507 e. The summed E-state index contributed by atoms with van der Waals surface area (Å²) in [7, 11) is 0. The molecule has 1 heterocycles. The van der Waals surface area contributed by atoms with E-state index in [-0.39, 0.29) is 11.6 Å². The molecule has 0 aliphatic carbocycles. The number of aromatic amines is 1. The second-order valence-electron chi connectivity index (χ2n) is 5.76. The van der Waals surface area contributed by atoms with Gasteiger partial charge >= 0.3 is 0 Å². The fourth-order valence-electron chi connectivity index (χ4n) is 2.60. The molecular formula is C20H13FIN3O. The average Bonchev–Trinajstić information content (AvgIpc) is 3.06. The monoisotopic (exact) mass is 457 g/mol. The van der Waals surface area contributed by atoms with Gasteiger partial charge in [0.15, 0.2) is 0 Å². The van der Waals surface area contributed by atoms with Crippen molar-refractivity contribution in [3.8, 4) is 17.1 Å². The third-order valence-electron chi connectivity index (χ3n) is 3.93. The summed E-state index contributed by atoms with van der Waals surface area (Å²) in [4.78, 5) is 12.2. The van der Waals surface area contributed by atoms with Gasteiger partial charge in [-0.3, -0.25) is 4.99 Å². The van der Waals surface area contributed by atoms with Gasteiger partial charge in [0.05, 0.1) is 16.7 Å². The first-order valence-corrected chi connectivity index (χ1v) is 8.95. The highest BCUT2D eigenvalue weighted by molar-refractivity contribution is 14.1. The van der Waals surface area contributed by atoms with Crippen molar-refractivity contribution in [1.82, 2.24) is 9.97 Å². The van der Waals surface area contributed by atoms with Crippen LogP contribution in [0, 0.1) is 9.39 Å². The van der Waals surface area contributed by atoms with E-state index in [1.54, 1.807) is 24.4 Å². The molecular weight excluding hydrogens is 444 g/mol. The summed E-state index contributed by atoms with van der Waals surface area (Å²) < 4.78 is 14.1. The topological polar surface area (TPSA) is 61.3 Å². The number of H-pyrrole nitrogens is 1. The van der Waals surface area contributed by atoms with Gasteiger partial charge in [0.25, 0.3) is 0 Å². The Balaban J connectivity index is 1.66. The largest absolute Gasteiger partial charge is 0.507 e. The lowest BCUT2D eigenvalue weighted by molar-refractivity contribution is 0.474.